The summed E-state index contributed by atoms with van der Waals surface area (Å²) in [4.78, 5) is 2.00. The van der Waals surface area contributed by atoms with Crippen LogP contribution >= 0.6 is 11.6 Å². The molecule has 0 spiro atoms. The Labute approximate surface area is 116 Å². The van der Waals surface area contributed by atoms with E-state index in [-0.39, 0.29) is 5.38 Å². The minimum atomic E-state index is -0.281. The molecule has 0 saturated heterocycles. The Kier molecular flexibility index (Phi) is 3.29. The molecule has 0 fully saturated rings. The normalized spacial score (nSPS) is 16.4. The standard InChI is InChI=1S/C13H14ClN3O2/c1-9(14)12-15-16-13(19-12)17-6-7-18-11-5-3-2-4-10(11)8-17/h2-5,9H,6-8H2,1H3. The number of hydrogen-bond acceptors (Lipinski definition) is 5. The zero-order valence-corrected chi connectivity index (χ0v) is 11.3. The molecule has 1 aromatic heterocycles. The fourth-order valence-corrected chi connectivity index (χ4v) is 2.09. The van der Waals surface area contributed by atoms with E-state index in [0.717, 1.165) is 11.3 Å². The van der Waals surface area contributed by atoms with Gasteiger partial charge in [0.25, 0.3) is 0 Å². The van der Waals surface area contributed by atoms with Crippen molar-refractivity contribution in [3.05, 3.63) is 35.7 Å². The molecule has 2 heterocycles. The Morgan fingerprint density at radius 3 is 2.95 bits per heavy atom. The molecule has 1 aliphatic heterocycles. The van der Waals surface area contributed by atoms with Crippen molar-refractivity contribution in [2.45, 2.75) is 18.8 Å². The van der Waals surface area contributed by atoms with E-state index in [0.29, 0.717) is 31.6 Å². The van der Waals surface area contributed by atoms with E-state index in [1.165, 1.54) is 0 Å². The Morgan fingerprint density at radius 1 is 1.32 bits per heavy atom. The van der Waals surface area contributed by atoms with Gasteiger partial charge >= 0.3 is 6.01 Å². The van der Waals surface area contributed by atoms with E-state index >= 15 is 0 Å². The molecule has 6 heteroatoms. The molecule has 1 unspecified atom stereocenters. The highest BCUT2D eigenvalue weighted by atomic mass is 35.5. The topological polar surface area (TPSA) is 51.4 Å². The van der Waals surface area contributed by atoms with Gasteiger partial charge in [0, 0.05) is 5.56 Å². The molecule has 2 aromatic rings. The summed E-state index contributed by atoms with van der Waals surface area (Å²) in [7, 11) is 0. The van der Waals surface area contributed by atoms with Crippen LogP contribution in [0.5, 0.6) is 5.75 Å². The van der Waals surface area contributed by atoms with E-state index in [4.69, 9.17) is 20.8 Å². The quantitative estimate of drug-likeness (QED) is 0.791. The van der Waals surface area contributed by atoms with Crippen molar-refractivity contribution in [1.29, 1.82) is 0 Å². The number of rotatable bonds is 2. The van der Waals surface area contributed by atoms with Crippen LogP contribution in [-0.2, 0) is 6.54 Å². The average molecular weight is 280 g/mol. The number of hydrogen-bond donors (Lipinski definition) is 0. The first kappa shape index (κ1) is 12.3. The molecule has 19 heavy (non-hydrogen) atoms. The number of anilines is 1. The first-order valence-corrected chi connectivity index (χ1v) is 6.61. The van der Waals surface area contributed by atoms with Crippen LogP contribution in [0.25, 0.3) is 0 Å². The molecule has 5 nitrogen and oxygen atoms in total. The maximum atomic E-state index is 5.93. The van der Waals surface area contributed by atoms with Crippen LogP contribution in [0.15, 0.2) is 28.7 Å². The number of halogens is 1. The lowest BCUT2D eigenvalue weighted by molar-refractivity contribution is 0.329. The van der Waals surface area contributed by atoms with Crippen LogP contribution in [0, 0.1) is 0 Å². The van der Waals surface area contributed by atoms with E-state index < -0.39 is 0 Å². The molecular weight excluding hydrogens is 266 g/mol. The highest BCUT2D eigenvalue weighted by Crippen LogP contribution is 2.27. The van der Waals surface area contributed by atoms with Crippen LogP contribution in [0.3, 0.4) is 0 Å². The third-order valence-electron chi connectivity index (χ3n) is 2.99. The molecule has 0 saturated carbocycles. The summed E-state index contributed by atoms with van der Waals surface area (Å²) in [6, 6.07) is 8.46. The van der Waals surface area contributed by atoms with Crippen LogP contribution in [0.2, 0.25) is 0 Å². The third-order valence-corrected chi connectivity index (χ3v) is 3.18. The Hall–Kier alpha value is -1.75. The van der Waals surface area contributed by atoms with Gasteiger partial charge in [0.1, 0.15) is 17.7 Å². The number of fused-ring (bicyclic) bond motifs is 1. The van der Waals surface area contributed by atoms with Crippen molar-refractivity contribution in [2.24, 2.45) is 0 Å². The van der Waals surface area contributed by atoms with Crippen molar-refractivity contribution in [2.75, 3.05) is 18.1 Å². The maximum absolute atomic E-state index is 5.93. The zero-order valence-electron chi connectivity index (χ0n) is 10.5. The van der Waals surface area contributed by atoms with Gasteiger partial charge in [-0.3, -0.25) is 0 Å². The van der Waals surface area contributed by atoms with Crippen LogP contribution < -0.4 is 9.64 Å². The number of benzene rings is 1. The lowest BCUT2D eigenvalue weighted by Crippen LogP contribution is -2.25. The van der Waals surface area contributed by atoms with Gasteiger partial charge in [0.05, 0.1) is 13.1 Å². The molecule has 1 atom stereocenters. The smallest absolute Gasteiger partial charge is 0.318 e. The predicted molar refractivity (Wildman–Crippen MR) is 71.6 cm³/mol. The van der Waals surface area contributed by atoms with Crippen molar-refractivity contribution < 1.29 is 9.15 Å². The highest BCUT2D eigenvalue weighted by Gasteiger charge is 2.20. The molecule has 1 aromatic carbocycles. The summed E-state index contributed by atoms with van der Waals surface area (Å²) in [6.07, 6.45) is 0. The molecule has 1 aliphatic rings. The van der Waals surface area contributed by atoms with E-state index in [1.54, 1.807) is 6.92 Å². The van der Waals surface area contributed by atoms with Gasteiger partial charge in [-0.05, 0) is 13.0 Å². The van der Waals surface area contributed by atoms with Crippen LogP contribution in [0.4, 0.5) is 6.01 Å². The number of para-hydroxylation sites is 1. The Morgan fingerprint density at radius 2 is 2.16 bits per heavy atom. The van der Waals surface area contributed by atoms with Crippen LogP contribution in [0.1, 0.15) is 23.8 Å². The second-order valence-electron chi connectivity index (χ2n) is 4.42. The molecular formula is C13H14ClN3O2. The largest absolute Gasteiger partial charge is 0.491 e. The molecule has 0 radical (unpaired) electrons. The summed E-state index contributed by atoms with van der Waals surface area (Å²) in [6.45, 7) is 3.78. The third kappa shape index (κ3) is 2.51. The SMILES string of the molecule is CC(Cl)c1nnc(N2CCOc3ccccc3C2)o1. The van der Waals surface area contributed by atoms with Crippen LogP contribution in [-0.4, -0.2) is 23.3 Å². The molecule has 0 amide bonds. The molecule has 3 rings (SSSR count). The van der Waals surface area contributed by atoms with E-state index in [1.807, 2.05) is 29.2 Å². The highest BCUT2D eigenvalue weighted by molar-refractivity contribution is 6.20. The molecule has 0 bridgehead atoms. The second kappa shape index (κ2) is 5.09. The number of alkyl halides is 1. The van der Waals surface area contributed by atoms with Gasteiger partial charge in [-0.2, -0.15) is 0 Å². The monoisotopic (exact) mass is 279 g/mol. The minimum absolute atomic E-state index is 0.281. The van der Waals surface area contributed by atoms with Gasteiger partial charge in [0.15, 0.2) is 0 Å². The Balaban J connectivity index is 1.85. The van der Waals surface area contributed by atoms with Crippen molar-refractivity contribution in [3.8, 4) is 5.75 Å². The fourth-order valence-electron chi connectivity index (χ4n) is 2.00. The summed E-state index contributed by atoms with van der Waals surface area (Å²) in [5.74, 6) is 1.35. The first-order valence-electron chi connectivity index (χ1n) is 6.17. The summed E-state index contributed by atoms with van der Waals surface area (Å²) >= 11 is 5.93. The number of ether oxygens (including phenoxy) is 1. The summed E-state index contributed by atoms with van der Waals surface area (Å²) < 4.78 is 11.3. The first-order chi connectivity index (χ1) is 9.24. The molecule has 0 N–H and O–H groups in total. The fraction of sp³-hybridized carbons (Fsp3) is 0.385. The molecule has 0 aliphatic carbocycles. The van der Waals surface area contributed by atoms with Gasteiger partial charge in [-0.25, -0.2) is 0 Å². The lowest BCUT2D eigenvalue weighted by Gasteiger charge is -2.16. The van der Waals surface area contributed by atoms with E-state index in [2.05, 4.69) is 10.2 Å². The van der Waals surface area contributed by atoms with Gasteiger partial charge in [-0.15, -0.1) is 16.7 Å². The van der Waals surface area contributed by atoms with Crippen molar-refractivity contribution >= 4 is 17.6 Å². The number of aromatic nitrogens is 2. The Bertz CT molecular complexity index is 571. The maximum Gasteiger partial charge on any atom is 0.318 e. The van der Waals surface area contributed by atoms with Gasteiger partial charge in [0.2, 0.25) is 5.89 Å². The van der Waals surface area contributed by atoms with E-state index in [9.17, 15) is 0 Å². The van der Waals surface area contributed by atoms with Crippen molar-refractivity contribution in [3.63, 3.8) is 0 Å². The van der Waals surface area contributed by atoms with Crippen molar-refractivity contribution in [1.82, 2.24) is 10.2 Å². The summed E-state index contributed by atoms with van der Waals surface area (Å²) in [5.41, 5.74) is 1.11. The molecule has 100 valence electrons. The second-order valence-corrected chi connectivity index (χ2v) is 5.07. The minimum Gasteiger partial charge on any atom is -0.491 e. The lowest BCUT2D eigenvalue weighted by atomic mass is 10.2. The predicted octanol–water partition coefficient (Wildman–Crippen LogP) is 2.77. The number of nitrogens with zero attached hydrogens (tertiary/aromatic N) is 3. The van der Waals surface area contributed by atoms with Gasteiger partial charge < -0.3 is 14.1 Å². The summed E-state index contributed by atoms with van der Waals surface area (Å²) in [5, 5.41) is 7.71. The van der Waals surface area contributed by atoms with Gasteiger partial charge in [-0.1, -0.05) is 23.3 Å². The zero-order chi connectivity index (χ0) is 13.2. The average Bonchev–Trinajstić information content (AvgIpc) is 2.80.